The van der Waals surface area contributed by atoms with Gasteiger partial charge in [0.15, 0.2) is 17.3 Å². The maximum absolute atomic E-state index is 12.1. The Morgan fingerprint density at radius 1 is 1.11 bits per heavy atom. The summed E-state index contributed by atoms with van der Waals surface area (Å²) < 4.78 is 15.9. The van der Waals surface area contributed by atoms with Crippen LogP contribution in [0.1, 0.15) is 31.2 Å². The lowest BCUT2D eigenvalue weighted by atomic mass is 10.2. The molecule has 8 nitrogen and oxygen atoms in total. The van der Waals surface area contributed by atoms with Crippen LogP contribution in [0.25, 0.3) is 11.5 Å². The lowest BCUT2D eigenvalue weighted by Crippen LogP contribution is -2.28. The molecular weight excluding hydrogens is 360 g/mol. The van der Waals surface area contributed by atoms with Gasteiger partial charge in [-0.2, -0.15) is 4.98 Å². The summed E-state index contributed by atoms with van der Waals surface area (Å²) in [5.74, 6) is 2.74. The van der Waals surface area contributed by atoms with Crippen LogP contribution < -0.4 is 20.1 Å². The third kappa shape index (κ3) is 3.90. The van der Waals surface area contributed by atoms with E-state index >= 15 is 0 Å². The predicted octanol–water partition coefficient (Wildman–Crippen LogP) is 3.91. The number of benzene rings is 2. The molecule has 0 unspecified atom stereocenters. The molecule has 0 spiro atoms. The minimum atomic E-state index is -0.301. The first-order valence-electron chi connectivity index (χ1n) is 8.96. The Kier molecular flexibility index (Phi) is 4.84. The molecule has 0 bridgehead atoms. The van der Waals surface area contributed by atoms with Gasteiger partial charge in [0.05, 0.1) is 0 Å². The van der Waals surface area contributed by atoms with E-state index in [1.54, 1.807) is 12.1 Å². The van der Waals surface area contributed by atoms with Gasteiger partial charge in [-0.05, 0) is 42.0 Å². The van der Waals surface area contributed by atoms with Gasteiger partial charge >= 0.3 is 6.03 Å². The summed E-state index contributed by atoms with van der Waals surface area (Å²) in [4.78, 5) is 16.5. The highest BCUT2D eigenvalue weighted by Crippen LogP contribution is 2.32. The summed E-state index contributed by atoms with van der Waals surface area (Å²) in [6, 6.07) is 12.5. The first-order chi connectivity index (χ1) is 13.6. The fourth-order valence-corrected chi connectivity index (χ4v) is 2.69. The Balaban J connectivity index is 1.33. The van der Waals surface area contributed by atoms with E-state index in [4.69, 9.17) is 14.0 Å². The highest BCUT2D eigenvalue weighted by atomic mass is 16.7. The van der Waals surface area contributed by atoms with Crippen molar-refractivity contribution in [1.29, 1.82) is 0 Å². The number of fused-ring (bicyclic) bond motifs is 1. The quantitative estimate of drug-likeness (QED) is 0.696. The average molecular weight is 380 g/mol. The van der Waals surface area contributed by atoms with Gasteiger partial charge in [-0.1, -0.05) is 25.1 Å². The number of anilines is 1. The highest BCUT2D eigenvalue weighted by molar-refractivity contribution is 5.89. The van der Waals surface area contributed by atoms with Gasteiger partial charge in [0, 0.05) is 23.7 Å². The number of nitrogens with one attached hydrogen (secondary N) is 2. The molecule has 4 rings (SSSR count). The molecule has 1 aliphatic rings. The van der Waals surface area contributed by atoms with Crippen molar-refractivity contribution in [2.24, 2.45) is 0 Å². The van der Waals surface area contributed by atoms with Gasteiger partial charge in [0.25, 0.3) is 5.89 Å². The zero-order chi connectivity index (χ0) is 19.5. The van der Waals surface area contributed by atoms with E-state index in [1.807, 2.05) is 44.2 Å². The fourth-order valence-electron chi connectivity index (χ4n) is 2.69. The Hall–Kier alpha value is -3.55. The number of carbonyl (C=O) groups excluding carboxylic acids is 1. The second-order valence-corrected chi connectivity index (χ2v) is 6.69. The van der Waals surface area contributed by atoms with Crippen LogP contribution in [-0.2, 0) is 6.54 Å². The lowest BCUT2D eigenvalue weighted by Gasteiger charge is -2.08. The minimum Gasteiger partial charge on any atom is -0.454 e. The van der Waals surface area contributed by atoms with Gasteiger partial charge < -0.3 is 24.6 Å². The molecule has 3 aromatic rings. The van der Waals surface area contributed by atoms with Crippen molar-refractivity contribution in [3.05, 3.63) is 53.9 Å². The van der Waals surface area contributed by atoms with E-state index in [-0.39, 0.29) is 18.7 Å². The Morgan fingerprint density at radius 3 is 2.64 bits per heavy atom. The molecule has 28 heavy (non-hydrogen) atoms. The summed E-state index contributed by atoms with van der Waals surface area (Å²) >= 11 is 0. The molecule has 0 saturated heterocycles. The molecule has 0 fully saturated rings. The normalized spacial score (nSPS) is 12.2. The zero-order valence-corrected chi connectivity index (χ0v) is 15.6. The topological polar surface area (TPSA) is 98.5 Å². The standard InChI is InChI=1S/C20H20N4O4/c1-12(2)18-23-19(28-24-18)14-4-6-15(7-5-14)22-20(25)21-10-13-3-8-16-17(9-13)27-11-26-16/h3-9,12H,10-11H2,1-2H3,(H2,21,22,25). The highest BCUT2D eigenvalue weighted by Gasteiger charge is 2.14. The molecule has 0 atom stereocenters. The van der Waals surface area contributed by atoms with Gasteiger partial charge in [-0.3, -0.25) is 0 Å². The number of nitrogens with zero attached hydrogens (tertiary/aromatic N) is 2. The van der Waals surface area contributed by atoms with Crippen LogP contribution in [0.3, 0.4) is 0 Å². The molecule has 0 saturated carbocycles. The number of ether oxygens (including phenoxy) is 2. The van der Waals surface area contributed by atoms with Crippen molar-refractivity contribution < 1.29 is 18.8 Å². The number of rotatable bonds is 5. The first-order valence-corrected chi connectivity index (χ1v) is 8.96. The van der Waals surface area contributed by atoms with Gasteiger partial charge in [-0.25, -0.2) is 4.79 Å². The van der Waals surface area contributed by atoms with Crippen molar-refractivity contribution in [2.45, 2.75) is 26.3 Å². The van der Waals surface area contributed by atoms with Crippen LogP contribution in [-0.4, -0.2) is 23.0 Å². The Bertz CT molecular complexity index is 982. The van der Waals surface area contributed by atoms with E-state index in [0.717, 1.165) is 16.9 Å². The van der Waals surface area contributed by atoms with Gasteiger partial charge in [0.1, 0.15) is 0 Å². The maximum atomic E-state index is 12.1. The molecule has 2 amide bonds. The van der Waals surface area contributed by atoms with Gasteiger partial charge in [-0.15, -0.1) is 0 Å². The van der Waals surface area contributed by atoms with Gasteiger partial charge in [0.2, 0.25) is 6.79 Å². The van der Waals surface area contributed by atoms with E-state index in [0.29, 0.717) is 29.7 Å². The number of hydrogen-bond acceptors (Lipinski definition) is 6. The van der Waals surface area contributed by atoms with Crippen molar-refractivity contribution >= 4 is 11.7 Å². The molecule has 2 heterocycles. The second-order valence-electron chi connectivity index (χ2n) is 6.69. The third-order valence-electron chi connectivity index (χ3n) is 4.24. The number of urea groups is 1. The molecule has 1 aliphatic heterocycles. The van der Waals surface area contributed by atoms with E-state index in [9.17, 15) is 4.79 Å². The number of hydrogen-bond donors (Lipinski definition) is 2. The number of carbonyl (C=O) groups is 1. The maximum Gasteiger partial charge on any atom is 0.319 e. The van der Waals surface area contributed by atoms with E-state index in [2.05, 4.69) is 20.8 Å². The third-order valence-corrected chi connectivity index (χ3v) is 4.24. The van der Waals surface area contributed by atoms with Crippen LogP contribution in [0.4, 0.5) is 10.5 Å². The van der Waals surface area contributed by atoms with Crippen molar-refractivity contribution in [2.75, 3.05) is 12.1 Å². The summed E-state index contributed by atoms with van der Waals surface area (Å²) in [6.45, 7) is 4.61. The van der Waals surface area contributed by atoms with Crippen LogP contribution in [0.2, 0.25) is 0 Å². The molecule has 8 heteroatoms. The predicted molar refractivity (Wildman–Crippen MR) is 102 cm³/mol. The number of amides is 2. The molecule has 2 aromatic carbocycles. The van der Waals surface area contributed by atoms with Crippen molar-refractivity contribution in [3.63, 3.8) is 0 Å². The van der Waals surface area contributed by atoms with Crippen LogP contribution in [0, 0.1) is 0 Å². The lowest BCUT2D eigenvalue weighted by molar-refractivity contribution is 0.174. The summed E-state index contributed by atoms with van der Waals surface area (Å²) in [6.07, 6.45) is 0. The van der Waals surface area contributed by atoms with E-state index < -0.39 is 0 Å². The molecule has 1 aromatic heterocycles. The van der Waals surface area contributed by atoms with Crippen molar-refractivity contribution in [1.82, 2.24) is 15.5 Å². The molecule has 144 valence electrons. The van der Waals surface area contributed by atoms with Crippen molar-refractivity contribution in [3.8, 4) is 23.0 Å². The fraction of sp³-hybridized carbons (Fsp3) is 0.250. The monoisotopic (exact) mass is 380 g/mol. The SMILES string of the molecule is CC(C)c1noc(-c2ccc(NC(=O)NCc3ccc4c(c3)OCO4)cc2)n1. The van der Waals surface area contributed by atoms with Crippen LogP contribution in [0.5, 0.6) is 11.5 Å². The first kappa shape index (κ1) is 17.8. The summed E-state index contributed by atoms with van der Waals surface area (Å²) in [5, 5.41) is 9.56. The Labute approximate surface area is 161 Å². The summed E-state index contributed by atoms with van der Waals surface area (Å²) in [7, 11) is 0. The smallest absolute Gasteiger partial charge is 0.319 e. The molecule has 2 N–H and O–H groups in total. The minimum absolute atomic E-state index is 0.201. The summed E-state index contributed by atoms with van der Waals surface area (Å²) in [5.41, 5.74) is 2.38. The average Bonchev–Trinajstić information content (AvgIpc) is 3.36. The molecular formula is C20H20N4O4. The largest absolute Gasteiger partial charge is 0.454 e. The number of aromatic nitrogens is 2. The van der Waals surface area contributed by atoms with Crippen LogP contribution >= 0.6 is 0 Å². The molecule has 0 radical (unpaired) electrons. The molecule has 0 aliphatic carbocycles. The second kappa shape index (κ2) is 7.59. The van der Waals surface area contributed by atoms with E-state index in [1.165, 1.54) is 0 Å². The van der Waals surface area contributed by atoms with Crippen LogP contribution in [0.15, 0.2) is 47.0 Å². The zero-order valence-electron chi connectivity index (χ0n) is 15.6. The Morgan fingerprint density at radius 2 is 1.89 bits per heavy atom.